The summed E-state index contributed by atoms with van der Waals surface area (Å²) in [6.45, 7) is 2.19. The van der Waals surface area contributed by atoms with E-state index in [1.807, 2.05) is 0 Å². The number of rotatable bonds is 3. The van der Waals surface area contributed by atoms with Crippen molar-refractivity contribution in [2.24, 2.45) is 5.73 Å². The maximum Gasteiger partial charge on any atom is 0.130 e. The first-order chi connectivity index (χ1) is 6.56. The Bertz CT molecular complexity index is 305. The Morgan fingerprint density at radius 3 is 2.29 bits per heavy atom. The minimum atomic E-state index is -0.516. The second kappa shape index (κ2) is 4.84. The zero-order valence-electron chi connectivity index (χ0n) is 7.86. The van der Waals surface area contributed by atoms with Gasteiger partial charge >= 0.3 is 0 Å². The van der Waals surface area contributed by atoms with Gasteiger partial charge < -0.3 is 5.73 Å². The van der Waals surface area contributed by atoms with Crippen LogP contribution in [0.1, 0.15) is 24.8 Å². The molecule has 0 radical (unpaired) electrons. The van der Waals surface area contributed by atoms with Crippen LogP contribution in [0, 0.1) is 11.6 Å². The van der Waals surface area contributed by atoms with E-state index in [1.54, 1.807) is 6.92 Å². The third-order valence-corrected chi connectivity index (χ3v) is 2.59. The van der Waals surface area contributed by atoms with Crippen LogP contribution in [0.4, 0.5) is 8.78 Å². The molecule has 0 amide bonds. The second-order valence-corrected chi connectivity index (χ2v) is 4.18. The fourth-order valence-electron chi connectivity index (χ4n) is 1.42. The molecular weight excluding hydrogens is 252 g/mol. The Labute approximate surface area is 90.4 Å². The van der Waals surface area contributed by atoms with Crippen LogP contribution < -0.4 is 5.73 Å². The molecule has 0 saturated carbocycles. The minimum Gasteiger partial charge on any atom is -0.330 e. The molecule has 1 atom stereocenters. The minimum absolute atomic E-state index is 0.124. The summed E-state index contributed by atoms with van der Waals surface area (Å²) in [7, 11) is 0. The Hall–Kier alpha value is -0.480. The summed E-state index contributed by atoms with van der Waals surface area (Å²) in [6, 6.07) is 2.54. The zero-order valence-corrected chi connectivity index (χ0v) is 9.44. The molecule has 2 N–H and O–H groups in total. The van der Waals surface area contributed by atoms with Gasteiger partial charge in [0.25, 0.3) is 0 Å². The molecule has 0 aliphatic heterocycles. The van der Waals surface area contributed by atoms with Crippen molar-refractivity contribution in [1.82, 2.24) is 0 Å². The van der Waals surface area contributed by atoms with Crippen LogP contribution >= 0.6 is 15.9 Å². The standard InChI is InChI=1S/C10H12BrF2N/c1-6(2-3-14)10-8(12)4-7(11)5-9(10)13/h4-6H,2-3,14H2,1H3. The molecule has 78 valence electrons. The molecule has 0 aromatic heterocycles. The first kappa shape index (κ1) is 11.6. The lowest BCUT2D eigenvalue weighted by atomic mass is 9.97. The number of halogens is 3. The SMILES string of the molecule is CC(CCN)c1c(F)cc(Br)cc1F. The highest BCUT2D eigenvalue weighted by Gasteiger charge is 2.16. The monoisotopic (exact) mass is 263 g/mol. The van der Waals surface area contributed by atoms with Crippen molar-refractivity contribution >= 4 is 15.9 Å². The molecule has 0 fully saturated rings. The largest absolute Gasteiger partial charge is 0.330 e. The first-order valence-corrected chi connectivity index (χ1v) is 5.20. The van der Waals surface area contributed by atoms with Crippen molar-refractivity contribution in [2.45, 2.75) is 19.3 Å². The Morgan fingerprint density at radius 1 is 1.36 bits per heavy atom. The van der Waals surface area contributed by atoms with Crippen molar-refractivity contribution in [1.29, 1.82) is 0 Å². The van der Waals surface area contributed by atoms with Gasteiger partial charge in [0.05, 0.1) is 0 Å². The lowest BCUT2D eigenvalue weighted by Crippen LogP contribution is -2.08. The predicted octanol–water partition coefficient (Wildman–Crippen LogP) is 3.18. The van der Waals surface area contributed by atoms with Crippen molar-refractivity contribution in [3.05, 3.63) is 33.8 Å². The van der Waals surface area contributed by atoms with Gasteiger partial charge in [0.15, 0.2) is 0 Å². The van der Waals surface area contributed by atoms with Crippen molar-refractivity contribution in [3.8, 4) is 0 Å². The van der Waals surface area contributed by atoms with Gasteiger partial charge in [-0.3, -0.25) is 0 Å². The average molecular weight is 264 g/mol. The quantitative estimate of drug-likeness (QED) is 0.891. The fraction of sp³-hybridized carbons (Fsp3) is 0.400. The summed E-state index contributed by atoms with van der Waals surface area (Å²) in [5, 5.41) is 0. The number of hydrogen-bond donors (Lipinski definition) is 1. The van der Waals surface area contributed by atoms with Crippen LogP contribution in [0.25, 0.3) is 0 Å². The smallest absolute Gasteiger partial charge is 0.130 e. The van der Waals surface area contributed by atoms with Gasteiger partial charge in [-0.05, 0) is 31.0 Å². The molecule has 14 heavy (non-hydrogen) atoms. The van der Waals surface area contributed by atoms with E-state index in [0.717, 1.165) is 0 Å². The number of benzene rings is 1. The lowest BCUT2D eigenvalue weighted by Gasteiger charge is -2.12. The van der Waals surface area contributed by atoms with Crippen LogP contribution in [0.3, 0.4) is 0 Å². The first-order valence-electron chi connectivity index (χ1n) is 4.40. The molecule has 1 aromatic rings. The molecule has 1 rings (SSSR count). The molecule has 1 nitrogen and oxygen atoms in total. The molecule has 0 aliphatic carbocycles. The number of nitrogens with two attached hydrogens (primary N) is 1. The Kier molecular flexibility index (Phi) is 4.01. The van der Waals surface area contributed by atoms with Crippen LogP contribution in [-0.4, -0.2) is 6.54 Å². The summed E-state index contributed by atoms with van der Waals surface area (Å²) in [6.07, 6.45) is 0.579. The van der Waals surface area contributed by atoms with Crippen LogP contribution in [0.2, 0.25) is 0 Å². The van der Waals surface area contributed by atoms with Crippen LogP contribution in [0.15, 0.2) is 16.6 Å². The van der Waals surface area contributed by atoms with Gasteiger partial charge in [0, 0.05) is 10.0 Å². The van der Waals surface area contributed by atoms with Gasteiger partial charge in [0.1, 0.15) is 11.6 Å². The molecule has 1 unspecified atom stereocenters. The third kappa shape index (κ3) is 2.51. The molecule has 0 heterocycles. The Balaban J connectivity index is 3.07. The van der Waals surface area contributed by atoms with Crippen molar-refractivity contribution < 1.29 is 8.78 Å². The second-order valence-electron chi connectivity index (χ2n) is 3.26. The highest BCUT2D eigenvalue weighted by Crippen LogP contribution is 2.27. The van der Waals surface area contributed by atoms with E-state index in [-0.39, 0.29) is 11.5 Å². The molecule has 4 heteroatoms. The summed E-state index contributed by atoms with van der Waals surface area (Å²) in [5.74, 6) is -1.22. The van der Waals surface area contributed by atoms with Crippen molar-refractivity contribution in [2.75, 3.05) is 6.54 Å². The maximum atomic E-state index is 13.4. The molecule has 0 spiro atoms. The van der Waals surface area contributed by atoms with E-state index < -0.39 is 11.6 Å². The molecular formula is C10H12BrF2N. The summed E-state index contributed by atoms with van der Waals surface area (Å²) in [4.78, 5) is 0. The topological polar surface area (TPSA) is 26.0 Å². The van der Waals surface area contributed by atoms with Gasteiger partial charge in [-0.25, -0.2) is 8.78 Å². The van der Waals surface area contributed by atoms with Crippen molar-refractivity contribution in [3.63, 3.8) is 0 Å². The summed E-state index contributed by atoms with van der Waals surface area (Å²) >= 11 is 3.03. The van der Waals surface area contributed by atoms with E-state index in [9.17, 15) is 8.78 Å². The van der Waals surface area contributed by atoms with Gasteiger partial charge in [-0.1, -0.05) is 22.9 Å². The molecule has 1 aromatic carbocycles. The van der Waals surface area contributed by atoms with Gasteiger partial charge in [-0.2, -0.15) is 0 Å². The molecule has 0 aliphatic rings. The lowest BCUT2D eigenvalue weighted by molar-refractivity contribution is 0.522. The maximum absolute atomic E-state index is 13.4. The summed E-state index contributed by atoms with van der Waals surface area (Å²) in [5.41, 5.74) is 5.47. The van der Waals surface area contributed by atoms with E-state index in [4.69, 9.17) is 5.73 Å². The van der Waals surface area contributed by atoms with E-state index >= 15 is 0 Å². The predicted molar refractivity (Wildman–Crippen MR) is 56.1 cm³/mol. The van der Waals surface area contributed by atoms with E-state index in [2.05, 4.69) is 15.9 Å². The normalized spacial score (nSPS) is 12.9. The van der Waals surface area contributed by atoms with Crippen LogP contribution in [-0.2, 0) is 0 Å². The Morgan fingerprint density at radius 2 is 1.86 bits per heavy atom. The van der Waals surface area contributed by atoms with E-state index in [0.29, 0.717) is 17.4 Å². The van der Waals surface area contributed by atoms with Gasteiger partial charge in [0.2, 0.25) is 0 Å². The highest BCUT2D eigenvalue weighted by atomic mass is 79.9. The summed E-state index contributed by atoms with van der Waals surface area (Å²) < 4.78 is 27.2. The highest BCUT2D eigenvalue weighted by molar-refractivity contribution is 9.10. The molecule has 0 bridgehead atoms. The third-order valence-electron chi connectivity index (χ3n) is 2.14. The van der Waals surface area contributed by atoms with E-state index in [1.165, 1.54) is 12.1 Å². The molecule has 0 saturated heterocycles. The number of hydrogen-bond acceptors (Lipinski definition) is 1. The van der Waals surface area contributed by atoms with Crippen LogP contribution in [0.5, 0.6) is 0 Å². The fourth-order valence-corrected chi connectivity index (χ4v) is 1.82. The average Bonchev–Trinajstić information content (AvgIpc) is 2.01. The zero-order chi connectivity index (χ0) is 10.7. The van der Waals surface area contributed by atoms with Gasteiger partial charge in [-0.15, -0.1) is 0 Å².